The van der Waals surface area contributed by atoms with Crippen LogP contribution >= 0.6 is 15.9 Å². The van der Waals surface area contributed by atoms with Crippen LogP contribution in [0.2, 0.25) is 0 Å². The Bertz CT molecular complexity index is 534. The Balaban J connectivity index is 2.43. The zero-order valence-corrected chi connectivity index (χ0v) is 11.7. The molecule has 2 heteroatoms. The lowest BCUT2D eigenvalue weighted by molar-refractivity contribution is 0.859. The van der Waals surface area contributed by atoms with Gasteiger partial charge in [0, 0.05) is 4.47 Å². The first-order valence-corrected chi connectivity index (χ1v) is 6.45. The summed E-state index contributed by atoms with van der Waals surface area (Å²) in [4.78, 5) is 0. The molecular weight excluding hydrogens is 274 g/mol. The van der Waals surface area contributed by atoms with Crippen molar-refractivity contribution in [3.8, 4) is 0 Å². The smallest absolute Gasteiger partial charge is 0.0554 e. The molecule has 1 unspecified atom stereocenters. The highest BCUT2D eigenvalue weighted by molar-refractivity contribution is 9.10. The monoisotopic (exact) mass is 289 g/mol. The SMILES string of the molecule is Cc1ccc(C)c(C(N)c2cccc(Br)c2)c1. The van der Waals surface area contributed by atoms with Crippen LogP contribution in [0.4, 0.5) is 0 Å². The molecule has 0 radical (unpaired) electrons. The third-order valence-corrected chi connectivity index (χ3v) is 3.47. The van der Waals surface area contributed by atoms with Gasteiger partial charge in [0.1, 0.15) is 0 Å². The van der Waals surface area contributed by atoms with Crippen LogP contribution in [0.25, 0.3) is 0 Å². The van der Waals surface area contributed by atoms with E-state index in [1.807, 2.05) is 12.1 Å². The lowest BCUT2D eigenvalue weighted by Gasteiger charge is -2.16. The second kappa shape index (κ2) is 5.03. The molecule has 2 N–H and O–H groups in total. The summed E-state index contributed by atoms with van der Waals surface area (Å²) >= 11 is 3.48. The van der Waals surface area contributed by atoms with Crippen LogP contribution in [0.15, 0.2) is 46.9 Å². The summed E-state index contributed by atoms with van der Waals surface area (Å²) in [5.41, 5.74) is 11.1. The van der Waals surface area contributed by atoms with Gasteiger partial charge < -0.3 is 5.73 Å². The maximum Gasteiger partial charge on any atom is 0.0554 e. The first-order valence-electron chi connectivity index (χ1n) is 5.66. The lowest BCUT2D eigenvalue weighted by atomic mass is 9.94. The van der Waals surface area contributed by atoms with E-state index >= 15 is 0 Å². The molecule has 0 aromatic heterocycles. The minimum Gasteiger partial charge on any atom is -0.320 e. The van der Waals surface area contributed by atoms with E-state index < -0.39 is 0 Å². The molecule has 0 amide bonds. The van der Waals surface area contributed by atoms with E-state index in [4.69, 9.17) is 5.73 Å². The topological polar surface area (TPSA) is 26.0 Å². The van der Waals surface area contributed by atoms with Gasteiger partial charge in [0.05, 0.1) is 6.04 Å². The Morgan fingerprint density at radius 3 is 2.53 bits per heavy atom. The zero-order valence-electron chi connectivity index (χ0n) is 10.1. The Morgan fingerprint density at radius 2 is 1.82 bits per heavy atom. The predicted octanol–water partition coefficient (Wildman–Crippen LogP) is 4.11. The third kappa shape index (κ3) is 2.76. The fraction of sp³-hybridized carbons (Fsp3) is 0.200. The average molecular weight is 290 g/mol. The minimum absolute atomic E-state index is 0.0626. The highest BCUT2D eigenvalue weighted by Crippen LogP contribution is 2.25. The van der Waals surface area contributed by atoms with Crippen molar-refractivity contribution < 1.29 is 0 Å². The number of rotatable bonds is 2. The van der Waals surface area contributed by atoms with Crippen molar-refractivity contribution in [2.75, 3.05) is 0 Å². The van der Waals surface area contributed by atoms with Crippen molar-refractivity contribution in [2.24, 2.45) is 5.73 Å². The minimum atomic E-state index is -0.0626. The van der Waals surface area contributed by atoms with Crippen molar-refractivity contribution >= 4 is 15.9 Å². The molecule has 2 aromatic rings. The third-order valence-electron chi connectivity index (χ3n) is 2.98. The van der Waals surface area contributed by atoms with Gasteiger partial charge in [-0.15, -0.1) is 0 Å². The average Bonchev–Trinajstić information content (AvgIpc) is 2.31. The quantitative estimate of drug-likeness (QED) is 0.884. The van der Waals surface area contributed by atoms with Gasteiger partial charge in [-0.1, -0.05) is 51.8 Å². The maximum atomic E-state index is 6.33. The summed E-state index contributed by atoms with van der Waals surface area (Å²) in [7, 11) is 0. The largest absolute Gasteiger partial charge is 0.320 e. The number of halogens is 1. The first kappa shape index (κ1) is 12.3. The molecule has 0 spiro atoms. The standard InChI is InChI=1S/C15H16BrN/c1-10-6-7-11(2)14(8-10)15(17)12-4-3-5-13(16)9-12/h3-9,15H,17H2,1-2H3. The molecule has 1 nitrogen and oxygen atoms in total. The fourth-order valence-corrected chi connectivity index (χ4v) is 2.39. The molecule has 0 aliphatic rings. The molecule has 2 rings (SSSR count). The molecule has 0 fully saturated rings. The van der Waals surface area contributed by atoms with Crippen molar-refractivity contribution in [3.63, 3.8) is 0 Å². The Kier molecular flexibility index (Phi) is 3.65. The normalized spacial score (nSPS) is 12.5. The van der Waals surface area contributed by atoms with Crippen molar-refractivity contribution in [3.05, 3.63) is 69.2 Å². The number of hydrogen-bond donors (Lipinski definition) is 1. The highest BCUT2D eigenvalue weighted by Gasteiger charge is 2.11. The molecule has 0 saturated heterocycles. The van der Waals surface area contributed by atoms with Crippen molar-refractivity contribution in [1.29, 1.82) is 0 Å². The van der Waals surface area contributed by atoms with Gasteiger partial charge in [-0.25, -0.2) is 0 Å². The summed E-state index contributed by atoms with van der Waals surface area (Å²) in [6, 6.07) is 14.5. The molecule has 1 atom stereocenters. The molecule has 2 aromatic carbocycles. The number of hydrogen-bond acceptors (Lipinski definition) is 1. The van der Waals surface area contributed by atoms with Gasteiger partial charge in [0.15, 0.2) is 0 Å². The van der Waals surface area contributed by atoms with E-state index in [9.17, 15) is 0 Å². The van der Waals surface area contributed by atoms with Gasteiger partial charge in [0.2, 0.25) is 0 Å². The van der Waals surface area contributed by atoms with Crippen LogP contribution in [-0.2, 0) is 0 Å². The van der Waals surface area contributed by atoms with Crippen LogP contribution in [-0.4, -0.2) is 0 Å². The zero-order chi connectivity index (χ0) is 12.4. The first-order chi connectivity index (χ1) is 8.08. The second-order valence-corrected chi connectivity index (χ2v) is 5.31. The van der Waals surface area contributed by atoms with E-state index in [0.29, 0.717) is 0 Å². The van der Waals surface area contributed by atoms with Crippen molar-refractivity contribution in [2.45, 2.75) is 19.9 Å². The summed E-state index contributed by atoms with van der Waals surface area (Å²) in [5.74, 6) is 0. The second-order valence-electron chi connectivity index (χ2n) is 4.39. The molecule has 0 aliphatic heterocycles. The molecule has 88 valence electrons. The number of nitrogens with two attached hydrogens (primary N) is 1. The fourth-order valence-electron chi connectivity index (χ4n) is 1.97. The molecule has 0 saturated carbocycles. The Labute approximate surface area is 111 Å². The molecule has 0 bridgehead atoms. The van der Waals surface area contributed by atoms with E-state index in [-0.39, 0.29) is 6.04 Å². The van der Waals surface area contributed by atoms with E-state index in [1.165, 1.54) is 16.7 Å². The lowest BCUT2D eigenvalue weighted by Crippen LogP contribution is -2.13. The van der Waals surface area contributed by atoms with Crippen LogP contribution in [0.3, 0.4) is 0 Å². The molecule has 0 aliphatic carbocycles. The van der Waals surface area contributed by atoms with E-state index in [1.54, 1.807) is 0 Å². The summed E-state index contributed by atoms with van der Waals surface area (Å²) in [6.07, 6.45) is 0. The van der Waals surface area contributed by atoms with Gasteiger partial charge in [-0.2, -0.15) is 0 Å². The Morgan fingerprint density at radius 1 is 1.06 bits per heavy atom. The number of aryl methyl sites for hydroxylation is 2. The van der Waals surface area contributed by atoms with Crippen LogP contribution < -0.4 is 5.73 Å². The van der Waals surface area contributed by atoms with Crippen molar-refractivity contribution in [1.82, 2.24) is 0 Å². The van der Waals surface area contributed by atoms with E-state index in [2.05, 4.69) is 60.1 Å². The van der Waals surface area contributed by atoms with Gasteiger partial charge in [-0.05, 0) is 42.7 Å². The predicted molar refractivity (Wildman–Crippen MR) is 76.1 cm³/mol. The van der Waals surface area contributed by atoms with Gasteiger partial charge in [0.25, 0.3) is 0 Å². The highest BCUT2D eigenvalue weighted by atomic mass is 79.9. The van der Waals surface area contributed by atoms with Crippen LogP contribution in [0.1, 0.15) is 28.3 Å². The summed E-state index contributed by atoms with van der Waals surface area (Å²) < 4.78 is 1.07. The summed E-state index contributed by atoms with van der Waals surface area (Å²) in [6.45, 7) is 4.20. The van der Waals surface area contributed by atoms with Gasteiger partial charge >= 0.3 is 0 Å². The maximum absolute atomic E-state index is 6.33. The van der Waals surface area contributed by atoms with Crippen LogP contribution in [0.5, 0.6) is 0 Å². The number of benzene rings is 2. The Hall–Kier alpha value is -1.12. The molecule has 0 heterocycles. The summed E-state index contributed by atoms with van der Waals surface area (Å²) in [5, 5.41) is 0. The van der Waals surface area contributed by atoms with E-state index in [0.717, 1.165) is 10.0 Å². The van der Waals surface area contributed by atoms with Crippen LogP contribution in [0, 0.1) is 13.8 Å². The van der Waals surface area contributed by atoms with Gasteiger partial charge in [-0.3, -0.25) is 0 Å². The molecule has 17 heavy (non-hydrogen) atoms. The molecular formula is C15H16BrN.